The van der Waals surface area contributed by atoms with Gasteiger partial charge in [0, 0.05) is 79.9 Å². The molecule has 0 N–H and O–H groups in total. The van der Waals surface area contributed by atoms with Crippen LogP contribution in [0, 0.1) is 56.5 Å². The van der Waals surface area contributed by atoms with Gasteiger partial charge >= 0.3 is 0 Å². The first kappa shape index (κ1) is 24.6. The minimum Gasteiger partial charge on any atom is -0.542 e. The number of carbonyl (C=O) groups excluding carboxylic acids is 1. The first-order valence-corrected chi connectivity index (χ1v) is 12.6. The van der Waals surface area contributed by atoms with Crippen LogP contribution in [0.15, 0.2) is 60.9 Å². The molecule has 1 aliphatic carbocycles. The fraction of sp³-hybridized carbons (Fsp3) is 0.310. The topological polar surface area (TPSA) is 68.8 Å². The molecular formula is C29H27HoN6O-. The van der Waals surface area contributed by atoms with Gasteiger partial charge in [-0.25, -0.2) is 9.67 Å². The predicted molar refractivity (Wildman–Crippen MR) is 141 cm³/mol. The Morgan fingerprint density at radius 1 is 1.00 bits per heavy atom. The molecule has 7 nitrogen and oxygen atoms in total. The van der Waals surface area contributed by atoms with Gasteiger partial charge in [0.2, 0.25) is 0 Å². The summed E-state index contributed by atoms with van der Waals surface area (Å²) in [5.41, 5.74) is 6.17. The Balaban J connectivity index is 0.00000252. The number of rotatable bonds is 4. The molecule has 191 valence electrons. The first-order valence-electron chi connectivity index (χ1n) is 12.6. The zero-order chi connectivity index (χ0) is 24.4. The van der Waals surface area contributed by atoms with E-state index in [0.717, 1.165) is 75.9 Å². The van der Waals surface area contributed by atoms with Crippen LogP contribution in [-0.2, 0) is 11.8 Å². The summed E-state index contributed by atoms with van der Waals surface area (Å²) in [7, 11) is 1.95. The molecule has 8 heteroatoms. The zero-order valence-electron chi connectivity index (χ0n) is 20.7. The molecular weight excluding hydrogens is 613 g/mol. The number of anilines is 1. The van der Waals surface area contributed by atoms with Gasteiger partial charge in [-0.3, -0.25) is 11.0 Å². The van der Waals surface area contributed by atoms with E-state index in [4.69, 9.17) is 10.1 Å². The Kier molecular flexibility index (Phi) is 6.33. The van der Waals surface area contributed by atoms with Crippen molar-refractivity contribution in [2.45, 2.75) is 32.2 Å². The van der Waals surface area contributed by atoms with E-state index in [1.54, 1.807) is 0 Å². The Hall–Kier alpha value is -2.74. The maximum absolute atomic E-state index is 11.3. The van der Waals surface area contributed by atoms with Crippen LogP contribution in [0.3, 0.4) is 0 Å². The molecule has 3 fully saturated rings. The molecule has 5 aromatic rings. The largest absolute Gasteiger partial charge is 0.542 e. The van der Waals surface area contributed by atoms with Gasteiger partial charge in [-0.15, -0.1) is 5.92 Å². The Morgan fingerprint density at radius 2 is 1.86 bits per heavy atom. The summed E-state index contributed by atoms with van der Waals surface area (Å²) < 4.78 is 3.87. The summed E-state index contributed by atoms with van der Waals surface area (Å²) >= 11 is 0. The summed E-state index contributed by atoms with van der Waals surface area (Å²) in [4.78, 5) is 18.6. The number of benzene rings is 2. The second-order valence-electron chi connectivity index (χ2n) is 10.3. The predicted octanol–water partition coefficient (Wildman–Crippen LogP) is 5.00. The van der Waals surface area contributed by atoms with Crippen LogP contribution < -0.4 is 4.90 Å². The van der Waals surface area contributed by atoms with Crippen molar-refractivity contribution in [1.29, 1.82) is 0 Å². The van der Waals surface area contributed by atoms with Crippen LogP contribution in [0.2, 0.25) is 0 Å². The summed E-state index contributed by atoms with van der Waals surface area (Å²) in [6.07, 6.45) is 9.39. The van der Waals surface area contributed by atoms with Crippen LogP contribution in [0.25, 0.3) is 38.8 Å². The number of para-hydroxylation sites is 1. The molecule has 2 saturated heterocycles. The molecule has 3 aromatic heterocycles. The molecule has 8 rings (SSSR count). The number of aromatic nitrogens is 5. The number of aryl methyl sites for hydroxylation is 2. The minimum atomic E-state index is 0. The van der Waals surface area contributed by atoms with E-state index in [2.05, 4.69) is 65.8 Å². The van der Waals surface area contributed by atoms with Crippen molar-refractivity contribution >= 4 is 33.9 Å². The van der Waals surface area contributed by atoms with Crippen molar-refractivity contribution in [2.24, 2.45) is 18.9 Å². The van der Waals surface area contributed by atoms with E-state index in [0.29, 0.717) is 12.0 Å². The van der Waals surface area contributed by atoms with Crippen molar-refractivity contribution in [2.75, 3.05) is 11.4 Å². The van der Waals surface area contributed by atoms with E-state index < -0.39 is 0 Å². The summed E-state index contributed by atoms with van der Waals surface area (Å²) in [5, 5.41) is 11.9. The van der Waals surface area contributed by atoms with Crippen LogP contribution >= 0.6 is 0 Å². The quantitative estimate of drug-likeness (QED) is 0.205. The second kappa shape index (κ2) is 9.53. The van der Waals surface area contributed by atoms with E-state index in [1.165, 1.54) is 0 Å². The average molecular weight is 641 g/mol. The molecule has 2 bridgehead atoms. The molecule has 0 spiro atoms. The average Bonchev–Trinajstić information content (AvgIpc) is 3.49. The number of fused-ring (bicyclic) bond motifs is 5. The summed E-state index contributed by atoms with van der Waals surface area (Å²) in [6.45, 7) is 3.02. The molecule has 2 aliphatic heterocycles. The monoisotopic (exact) mass is 640 g/mol. The molecule has 0 amide bonds. The number of nitrogens with zero attached hydrogens (tertiary/aromatic N) is 6. The SMILES string of the molecule is Cc1cccc2c(-c3cccc4nn(C)cc34)nn(-c3ccc(N4C[C@H]5CC[C@@H]4C[C@H]5[C-]=O)nc3)c12.[Ho]. The minimum absolute atomic E-state index is 0. The van der Waals surface area contributed by atoms with Crippen LogP contribution in [-0.4, -0.2) is 43.4 Å². The molecule has 3 aliphatic rings. The second-order valence-corrected chi connectivity index (χ2v) is 10.3. The van der Waals surface area contributed by atoms with Gasteiger partial charge in [0.25, 0.3) is 0 Å². The standard InChI is InChI=1S/C29H27N6O.Ho/c1-18-5-3-7-24-28(23-6-4-8-26-25(23)16-33(2)31-26)32-35(29(18)24)22-11-12-27(30-14-22)34-15-19-9-10-21(34)13-20(19)17-36;/h3-8,11-12,14,16,19-21H,9-10,13,15H2,1-2H3;/q-1;/t19-,20+,21-;/m1./s1. The van der Waals surface area contributed by atoms with Gasteiger partial charge in [-0.05, 0) is 49.4 Å². The van der Waals surface area contributed by atoms with E-state index >= 15 is 0 Å². The van der Waals surface area contributed by atoms with Gasteiger partial charge in [0.15, 0.2) is 0 Å². The van der Waals surface area contributed by atoms with Crippen LogP contribution in [0.5, 0.6) is 0 Å². The number of pyridine rings is 1. The Labute approximate surface area is 245 Å². The van der Waals surface area contributed by atoms with Crippen LogP contribution in [0.4, 0.5) is 5.82 Å². The third-order valence-corrected chi connectivity index (χ3v) is 8.08. The Morgan fingerprint density at radius 3 is 2.62 bits per heavy atom. The summed E-state index contributed by atoms with van der Waals surface area (Å²) in [5.74, 6) is 1.45. The van der Waals surface area contributed by atoms with Gasteiger partial charge in [0.1, 0.15) is 11.5 Å². The zero-order valence-corrected chi connectivity index (χ0v) is 22.7. The Bertz CT molecular complexity index is 1620. The van der Waals surface area contributed by atoms with Gasteiger partial charge < -0.3 is 9.69 Å². The van der Waals surface area contributed by atoms with E-state index in [-0.39, 0.29) is 43.7 Å². The van der Waals surface area contributed by atoms with Crippen molar-refractivity contribution in [3.05, 3.63) is 66.5 Å². The molecule has 2 aromatic carbocycles. The van der Waals surface area contributed by atoms with Gasteiger partial charge in [-0.2, -0.15) is 10.2 Å². The molecule has 37 heavy (non-hydrogen) atoms. The number of hydrogen-bond acceptors (Lipinski definition) is 5. The number of piperidine rings is 2. The fourth-order valence-electron chi connectivity index (χ4n) is 6.30. The number of hydrogen-bond donors (Lipinski definition) is 0. The first-order chi connectivity index (χ1) is 17.6. The van der Waals surface area contributed by atoms with Crippen LogP contribution in [0.1, 0.15) is 24.8 Å². The van der Waals surface area contributed by atoms with Crippen molar-refractivity contribution in [3.63, 3.8) is 0 Å². The third-order valence-electron chi connectivity index (χ3n) is 8.08. The van der Waals surface area contributed by atoms with E-state index in [9.17, 15) is 4.79 Å². The summed E-state index contributed by atoms with van der Waals surface area (Å²) in [6, 6.07) is 17.1. The van der Waals surface area contributed by atoms with E-state index in [1.807, 2.05) is 34.7 Å². The molecule has 1 radical (unpaired) electrons. The third kappa shape index (κ3) is 3.99. The van der Waals surface area contributed by atoms with Crippen molar-refractivity contribution < 1.29 is 42.5 Å². The van der Waals surface area contributed by atoms with Gasteiger partial charge in [0.05, 0.1) is 22.9 Å². The maximum Gasteiger partial charge on any atom is 0.128 e. The molecule has 1 saturated carbocycles. The fourth-order valence-corrected chi connectivity index (χ4v) is 6.30. The maximum atomic E-state index is 11.3. The smallest absolute Gasteiger partial charge is 0.128 e. The normalized spacial score (nSPS) is 20.9. The van der Waals surface area contributed by atoms with Crippen molar-refractivity contribution in [1.82, 2.24) is 24.5 Å². The molecule has 0 unspecified atom stereocenters. The molecule has 5 heterocycles. The van der Waals surface area contributed by atoms with Crippen molar-refractivity contribution in [3.8, 4) is 16.9 Å². The molecule has 3 atom stereocenters. The van der Waals surface area contributed by atoms with Gasteiger partial charge in [-0.1, -0.05) is 36.8 Å².